The molecule has 1 amide bonds. The summed E-state index contributed by atoms with van der Waals surface area (Å²) in [5.41, 5.74) is 2.40. The van der Waals surface area contributed by atoms with Crippen LogP contribution in [-0.4, -0.2) is 26.7 Å². The number of furan rings is 1. The summed E-state index contributed by atoms with van der Waals surface area (Å²) in [4.78, 5) is 25.3. The molecule has 0 unspecified atom stereocenters. The maximum atomic E-state index is 12.9. The summed E-state index contributed by atoms with van der Waals surface area (Å²) in [5.74, 6) is 1.12. The average molecular weight is 394 g/mol. The van der Waals surface area contributed by atoms with Crippen molar-refractivity contribution in [2.45, 2.75) is 33.4 Å². The number of carbonyl (C=O) groups excluding carboxylic acids is 1. The molecular formula is C21H22N4O4. The molecule has 1 N–H and O–H groups in total. The van der Waals surface area contributed by atoms with Crippen molar-refractivity contribution in [2.24, 2.45) is 0 Å². The van der Waals surface area contributed by atoms with Crippen molar-refractivity contribution < 1.29 is 13.9 Å². The van der Waals surface area contributed by atoms with Gasteiger partial charge in [-0.2, -0.15) is 5.10 Å². The standard InChI is InChI=1S/C21H22N4O4/c1-3-19-23-24(21(27)16-11-18-15(25(16)19)9-10-29-18)13-20(26)22-12-14-7-5-6-8-17(14)28-4-2/h5-11H,3-4,12-13H2,1-2H3,(H,22,26). The first-order chi connectivity index (χ1) is 14.1. The number of nitrogens with zero attached hydrogens (tertiary/aromatic N) is 3. The largest absolute Gasteiger partial charge is 0.494 e. The van der Waals surface area contributed by atoms with Gasteiger partial charge in [-0.15, -0.1) is 0 Å². The zero-order valence-electron chi connectivity index (χ0n) is 16.3. The van der Waals surface area contributed by atoms with Gasteiger partial charge < -0.3 is 14.5 Å². The lowest BCUT2D eigenvalue weighted by Gasteiger charge is -2.12. The molecule has 0 spiro atoms. The van der Waals surface area contributed by atoms with Gasteiger partial charge in [0.25, 0.3) is 5.56 Å². The van der Waals surface area contributed by atoms with Gasteiger partial charge in [0.15, 0.2) is 5.58 Å². The predicted molar refractivity (Wildman–Crippen MR) is 108 cm³/mol. The van der Waals surface area contributed by atoms with Gasteiger partial charge in [0.2, 0.25) is 5.91 Å². The zero-order chi connectivity index (χ0) is 20.4. The number of amides is 1. The zero-order valence-corrected chi connectivity index (χ0v) is 16.3. The molecule has 0 bridgehead atoms. The van der Waals surface area contributed by atoms with Crippen molar-refractivity contribution in [3.05, 3.63) is 64.4 Å². The monoisotopic (exact) mass is 394 g/mol. The summed E-state index contributed by atoms with van der Waals surface area (Å²) in [6.07, 6.45) is 2.19. The number of hydrogen-bond donors (Lipinski definition) is 1. The minimum Gasteiger partial charge on any atom is -0.494 e. The normalized spacial score (nSPS) is 11.2. The highest BCUT2D eigenvalue weighted by Crippen LogP contribution is 2.20. The summed E-state index contributed by atoms with van der Waals surface area (Å²) in [5, 5.41) is 7.24. The molecule has 4 aromatic rings. The molecule has 0 aliphatic heterocycles. The fraction of sp³-hybridized carbons (Fsp3) is 0.286. The summed E-state index contributed by atoms with van der Waals surface area (Å²) in [6, 6.07) is 11.0. The molecule has 3 aromatic heterocycles. The average Bonchev–Trinajstić information content (AvgIpc) is 3.31. The molecular weight excluding hydrogens is 372 g/mol. The van der Waals surface area contributed by atoms with Crippen LogP contribution in [0.25, 0.3) is 16.6 Å². The van der Waals surface area contributed by atoms with Crippen molar-refractivity contribution >= 4 is 22.5 Å². The Hall–Kier alpha value is -3.55. The molecule has 0 saturated heterocycles. The van der Waals surface area contributed by atoms with Crippen molar-refractivity contribution in [3.63, 3.8) is 0 Å². The number of hydrogen-bond acceptors (Lipinski definition) is 5. The molecule has 0 fully saturated rings. The SMILES string of the molecule is CCOc1ccccc1CNC(=O)Cn1nc(CC)n2c(cc3occc32)c1=O. The second kappa shape index (κ2) is 7.83. The quantitative estimate of drug-likeness (QED) is 0.520. The highest BCUT2D eigenvalue weighted by molar-refractivity contribution is 5.82. The van der Waals surface area contributed by atoms with E-state index >= 15 is 0 Å². The van der Waals surface area contributed by atoms with E-state index in [9.17, 15) is 9.59 Å². The molecule has 8 heteroatoms. The molecule has 150 valence electrons. The number of para-hydroxylation sites is 1. The Labute approximate surface area is 166 Å². The number of fused-ring (bicyclic) bond motifs is 3. The van der Waals surface area contributed by atoms with Crippen LogP contribution >= 0.6 is 0 Å². The van der Waals surface area contributed by atoms with Gasteiger partial charge in [-0.1, -0.05) is 25.1 Å². The summed E-state index contributed by atoms with van der Waals surface area (Å²) >= 11 is 0. The van der Waals surface area contributed by atoms with Gasteiger partial charge in [0.1, 0.15) is 23.6 Å². The van der Waals surface area contributed by atoms with Gasteiger partial charge in [-0.05, 0) is 13.0 Å². The summed E-state index contributed by atoms with van der Waals surface area (Å²) in [6.45, 7) is 4.56. The van der Waals surface area contributed by atoms with E-state index in [2.05, 4.69) is 10.4 Å². The van der Waals surface area contributed by atoms with E-state index in [0.717, 1.165) is 16.8 Å². The lowest BCUT2D eigenvalue weighted by atomic mass is 10.2. The topological polar surface area (TPSA) is 90.8 Å². The van der Waals surface area contributed by atoms with E-state index in [-0.39, 0.29) is 18.0 Å². The number of benzene rings is 1. The van der Waals surface area contributed by atoms with Crippen LogP contribution in [-0.2, 0) is 24.3 Å². The van der Waals surface area contributed by atoms with Crippen LogP contribution in [0.1, 0.15) is 25.2 Å². The van der Waals surface area contributed by atoms with E-state index in [1.54, 1.807) is 22.8 Å². The van der Waals surface area contributed by atoms with Crippen molar-refractivity contribution in [2.75, 3.05) is 6.61 Å². The van der Waals surface area contributed by atoms with Crippen LogP contribution in [0.3, 0.4) is 0 Å². The van der Waals surface area contributed by atoms with Crippen LogP contribution in [0.2, 0.25) is 0 Å². The number of ether oxygens (including phenoxy) is 1. The Balaban J connectivity index is 1.57. The van der Waals surface area contributed by atoms with Crippen LogP contribution in [0.4, 0.5) is 0 Å². The molecule has 0 aliphatic rings. The smallest absolute Gasteiger partial charge is 0.291 e. The Morgan fingerprint density at radius 2 is 2.03 bits per heavy atom. The van der Waals surface area contributed by atoms with Crippen molar-refractivity contribution in [1.82, 2.24) is 19.5 Å². The van der Waals surface area contributed by atoms with Gasteiger partial charge in [-0.25, -0.2) is 4.68 Å². The highest BCUT2D eigenvalue weighted by atomic mass is 16.5. The number of aryl methyl sites for hydroxylation is 1. The maximum Gasteiger partial charge on any atom is 0.291 e. The van der Waals surface area contributed by atoms with Gasteiger partial charge in [-0.3, -0.25) is 14.0 Å². The van der Waals surface area contributed by atoms with Crippen LogP contribution in [0.15, 0.2) is 51.9 Å². The maximum absolute atomic E-state index is 12.9. The molecule has 0 saturated carbocycles. The fourth-order valence-electron chi connectivity index (χ4n) is 3.39. The Bertz CT molecular complexity index is 1230. The summed E-state index contributed by atoms with van der Waals surface area (Å²) in [7, 11) is 0. The molecule has 29 heavy (non-hydrogen) atoms. The molecule has 4 rings (SSSR count). The van der Waals surface area contributed by atoms with Crippen LogP contribution in [0.5, 0.6) is 5.75 Å². The molecule has 0 radical (unpaired) electrons. The first-order valence-electron chi connectivity index (χ1n) is 9.58. The van der Waals surface area contributed by atoms with Gasteiger partial charge in [0.05, 0.1) is 18.4 Å². The minimum absolute atomic E-state index is 0.161. The summed E-state index contributed by atoms with van der Waals surface area (Å²) < 4.78 is 14.0. The van der Waals surface area contributed by atoms with Crippen molar-refractivity contribution in [1.29, 1.82) is 0 Å². The molecule has 3 heterocycles. The number of nitrogens with one attached hydrogen (secondary N) is 1. The molecule has 1 aromatic carbocycles. The second-order valence-electron chi connectivity index (χ2n) is 6.59. The number of rotatable bonds is 7. The first-order valence-corrected chi connectivity index (χ1v) is 9.58. The van der Waals surface area contributed by atoms with Gasteiger partial charge >= 0.3 is 0 Å². The van der Waals surface area contributed by atoms with E-state index < -0.39 is 0 Å². The van der Waals surface area contributed by atoms with E-state index in [4.69, 9.17) is 9.15 Å². The Morgan fingerprint density at radius 1 is 1.21 bits per heavy atom. The first kappa shape index (κ1) is 18.8. The Kier molecular flexibility index (Phi) is 5.07. The molecule has 0 atom stereocenters. The van der Waals surface area contributed by atoms with Crippen LogP contribution in [0, 0.1) is 0 Å². The fourth-order valence-corrected chi connectivity index (χ4v) is 3.39. The second-order valence-corrected chi connectivity index (χ2v) is 6.59. The molecule has 0 aliphatic carbocycles. The van der Waals surface area contributed by atoms with E-state index in [1.807, 2.05) is 38.1 Å². The third kappa shape index (κ3) is 3.49. The van der Waals surface area contributed by atoms with E-state index in [0.29, 0.717) is 36.5 Å². The lowest BCUT2D eigenvalue weighted by molar-refractivity contribution is -0.122. The number of aromatic nitrogens is 3. The minimum atomic E-state index is -0.335. The highest BCUT2D eigenvalue weighted by Gasteiger charge is 2.16. The lowest BCUT2D eigenvalue weighted by Crippen LogP contribution is -2.35. The van der Waals surface area contributed by atoms with E-state index in [1.165, 1.54) is 4.68 Å². The molecule has 8 nitrogen and oxygen atoms in total. The van der Waals surface area contributed by atoms with Crippen molar-refractivity contribution in [3.8, 4) is 5.75 Å². The Morgan fingerprint density at radius 3 is 2.83 bits per heavy atom. The predicted octanol–water partition coefficient (Wildman–Crippen LogP) is 2.52. The third-order valence-electron chi connectivity index (χ3n) is 4.73. The van der Waals surface area contributed by atoms with Crippen LogP contribution < -0.4 is 15.6 Å². The van der Waals surface area contributed by atoms with Gasteiger partial charge in [0, 0.05) is 30.7 Å². The third-order valence-corrected chi connectivity index (χ3v) is 4.73. The number of carbonyl (C=O) groups is 1.